The smallest absolute Gasteiger partial charge is 0.207 e. The summed E-state index contributed by atoms with van der Waals surface area (Å²) >= 11 is 0. The number of Topliss-reactive ketones (excluding diaryl/α,β-unsaturated/α-hetero) is 1. The van der Waals surface area contributed by atoms with Crippen molar-refractivity contribution >= 4 is 16.7 Å². The topological polar surface area (TPSA) is 63.5 Å². The van der Waals surface area contributed by atoms with Gasteiger partial charge in [-0.1, -0.05) is 30.3 Å². The molecule has 1 aromatic heterocycles. The van der Waals surface area contributed by atoms with Gasteiger partial charge in [0.1, 0.15) is 5.75 Å². The molecule has 0 amide bonds. The molecule has 5 nitrogen and oxygen atoms in total. The fourth-order valence-corrected chi connectivity index (χ4v) is 3.64. The Kier molecular flexibility index (Phi) is 4.92. The molecule has 0 fully saturated rings. The van der Waals surface area contributed by atoms with E-state index >= 15 is 0 Å². The van der Waals surface area contributed by atoms with Gasteiger partial charge < -0.3 is 19.7 Å². The van der Waals surface area contributed by atoms with Crippen LogP contribution >= 0.6 is 0 Å². The summed E-state index contributed by atoms with van der Waals surface area (Å²) in [6.45, 7) is 6.21. The minimum atomic E-state index is -0.593. The summed E-state index contributed by atoms with van der Waals surface area (Å²) < 4.78 is 8.33. The van der Waals surface area contributed by atoms with Crippen molar-refractivity contribution in [3.05, 3.63) is 77.6 Å². The van der Waals surface area contributed by atoms with E-state index < -0.39 is 6.23 Å². The summed E-state index contributed by atoms with van der Waals surface area (Å²) in [4.78, 5) is 13.3. The Morgan fingerprint density at radius 3 is 2.62 bits per heavy atom. The second-order valence-electron chi connectivity index (χ2n) is 8.34. The number of para-hydroxylation sites is 2. The van der Waals surface area contributed by atoms with Gasteiger partial charge in [0.05, 0.1) is 16.7 Å². The van der Waals surface area contributed by atoms with Crippen molar-refractivity contribution in [1.29, 1.82) is 0 Å². The first-order valence-electron chi connectivity index (χ1n) is 9.86. The Labute approximate surface area is 170 Å². The quantitative estimate of drug-likeness (QED) is 0.655. The average Bonchev–Trinajstić information content (AvgIpc) is 3.05. The minimum absolute atomic E-state index is 0.0462. The number of hydrogen-bond acceptors (Lipinski definition) is 4. The molecule has 5 heteroatoms. The molecule has 0 saturated heterocycles. The molecule has 2 heterocycles. The van der Waals surface area contributed by atoms with E-state index in [2.05, 4.69) is 5.32 Å². The number of rotatable bonds is 4. The number of nitrogens with one attached hydrogen (secondary N) is 1. The van der Waals surface area contributed by atoms with Crippen LogP contribution in [-0.2, 0) is 6.42 Å². The molecule has 0 spiro atoms. The number of aliphatic hydroxyl groups is 1. The lowest BCUT2D eigenvalue weighted by Crippen LogP contribution is -2.35. The number of ketones is 1. The molecule has 0 saturated carbocycles. The maximum absolute atomic E-state index is 13.3. The van der Waals surface area contributed by atoms with Crippen LogP contribution in [0.4, 0.5) is 0 Å². The van der Waals surface area contributed by atoms with Gasteiger partial charge in [-0.15, -0.1) is 0 Å². The lowest BCUT2D eigenvalue weighted by molar-refractivity contribution is 0.0901. The summed E-state index contributed by atoms with van der Waals surface area (Å²) in [5, 5.41) is 13.9. The predicted octanol–water partition coefficient (Wildman–Crippen LogP) is 4.22. The lowest BCUT2D eigenvalue weighted by Gasteiger charge is -2.30. The second-order valence-corrected chi connectivity index (χ2v) is 8.34. The van der Waals surface area contributed by atoms with Crippen molar-refractivity contribution in [2.24, 2.45) is 0 Å². The van der Waals surface area contributed by atoms with E-state index in [1.165, 1.54) is 0 Å². The number of hydrogen-bond donors (Lipinski definition) is 2. The number of fused-ring (bicyclic) bond motifs is 2. The number of carbonyl (C=O) groups is 1. The van der Waals surface area contributed by atoms with E-state index in [1.54, 1.807) is 12.3 Å². The van der Waals surface area contributed by atoms with Crippen LogP contribution < -0.4 is 10.1 Å². The highest BCUT2D eigenvalue weighted by atomic mass is 16.5. The molecule has 1 atom stereocenters. The Morgan fingerprint density at radius 2 is 1.86 bits per heavy atom. The van der Waals surface area contributed by atoms with E-state index in [4.69, 9.17) is 4.74 Å². The van der Waals surface area contributed by atoms with Crippen LogP contribution in [0, 0.1) is 0 Å². The highest BCUT2D eigenvalue weighted by Gasteiger charge is 2.34. The lowest BCUT2D eigenvalue weighted by atomic mass is 9.98. The third-order valence-electron chi connectivity index (χ3n) is 5.02. The summed E-state index contributed by atoms with van der Waals surface area (Å²) in [6, 6.07) is 15.3. The second kappa shape index (κ2) is 7.41. The summed E-state index contributed by atoms with van der Waals surface area (Å²) in [5.41, 5.74) is 2.93. The zero-order chi connectivity index (χ0) is 20.6. The van der Waals surface area contributed by atoms with Gasteiger partial charge >= 0.3 is 0 Å². The maximum Gasteiger partial charge on any atom is 0.207 e. The van der Waals surface area contributed by atoms with E-state index in [1.807, 2.05) is 74.0 Å². The van der Waals surface area contributed by atoms with Crippen LogP contribution in [0.3, 0.4) is 0 Å². The SMILES string of the molecule is CC(C)(C)N/C=C1\C(=O)c2ccccc2OC1n1cc(CCO)c2ccccc21. The third-order valence-corrected chi connectivity index (χ3v) is 5.02. The van der Waals surface area contributed by atoms with Gasteiger partial charge in [-0.2, -0.15) is 0 Å². The fraction of sp³-hybridized carbons (Fsp3) is 0.292. The fourth-order valence-electron chi connectivity index (χ4n) is 3.64. The molecule has 29 heavy (non-hydrogen) atoms. The summed E-state index contributed by atoms with van der Waals surface area (Å²) in [7, 11) is 0. The molecule has 2 N–H and O–H groups in total. The largest absolute Gasteiger partial charge is 0.465 e. The molecule has 0 radical (unpaired) electrons. The van der Waals surface area contributed by atoms with Crippen molar-refractivity contribution in [2.45, 2.75) is 39.0 Å². The van der Waals surface area contributed by atoms with E-state index in [0.29, 0.717) is 23.3 Å². The van der Waals surface area contributed by atoms with E-state index in [-0.39, 0.29) is 17.9 Å². The zero-order valence-electron chi connectivity index (χ0n) is 17.0. The van der Waals surface area contributed by atoms with Crippen LogP contribution in [0.25, 0.3) is 10.9 Å². The number of nitrogens with zero attached hydrogens (tertiary/aromatic N) is 1. The molecule has 1 aliphatic heterocycles. The Balaban J connectivity index is 1.88. The molecule has 0 bridgehead atoms. The van der Waals surface area contributed by atoms with E-state index in [0.717, 1.165) is 16.5 Å². The molecular formula is C24H26N2O3. The maximum atomic E-state index is 13.3. The van der Waals surface area contributed by atoms with Gasteiger partial charge in [-0.25, -0.2) is 0 Å². The van der Waals surface area contributed by atoms with Crippen LogP contribution in [0.1, 0.15) is 42.9 Å². The number of benzene rings is 2. The van der Waals surface area contributed by atoms with Gasteiger partial charge in [0.2, 0.25) is 6.23 Å². The Hall–Kier alpha value is -3.05. The monoisotopic (exact) mass is 390 g/mol. The number of carbonyl (C=O) groups excluding carboxylic acids is 1. The zero-order valence-corrected chi connectivity index (χ0v) is 17.0. The molecule has 2 aromatic carbocycles. The van der Waals surface area contributed by atoms with Crippen molar-refractivity contribution in [1.82, 2.24) is 9.88 Å². The van der Waals surface area contributed by atoms with Crippen LogP contribution in [0.2, 0.25) is 0 Å². The van der Waals surface area contributed by atoms with Gasteiger partial charge in [-0.05, 0) is 51.0 Å². The van der Waals surface area contributed by atoms with Crippen LogP contribution in [0.5, 0.6) is 5.75 Å². The molecule has 150 valence electrons. The predicted molar refractivity (Wildman–Crippen MR) is 114 cm³/mol. The standard InChI is InChI=1S/C24H26N2O3/c1-24(2,3)25-14-19-22(28)18-9-5-7-11-21(18)29-23(19)26-15-16(12-13-27)17-8-4-6-10-20(17)26/h4-11,14-15,23,25,27H,12-13H2,1-3H3/b19-14+. The van der Waals surface area contributed by atoms with Crippen LogP contribution in [0.15, 0.2) is 66.5 Å². The number of aromatic nitrogens is 1. The highest BCUT2D eigenvalue weighted by Crippen LogP contribution is 2.38. The van der Waals surface area contributed by atoms with Crippen LogP contribution in [-0.4, -0.2) is 27.6 Å². The van der Waals surface area contributed by atoms with Gasteiger partial charge in [0, 0.05) is 29.9 Å². The van der Waals surface area contributed by atoms with Crippen molar-refractivity contribution < 1.29 is 14.6 Å². The number of ether oxygens (including phenoxy) is 1. The molecule has 1 aliphatic rings. The van der Waals surface area contributed by atoms with Crippen molar-refractivity contribution in [3.63, 3.8) is 0 Å². The molecule has 3 aromatic rings. The summed E-state index contributed by atoms with van der Waals surface area (Å²) in [6.07, 6.45) is 3.72. The minimum Gasteiger partial charge on any atom is -0.465 e. The van der Waals surface area contributed by atoms with Gasteiger partial charge in [0.25, 0.3) is 0 Å². The van der Waals surface area contributed by atoms with Crippen molar-refractivity contribution in [3.8, 4) is 5.75 Å². The first kappa shape index (κ1) is 19.3. The molecule has 1 unspecified atom stereocenters. The normalized spacial score (nSPS) is 18.0. The summed E-state index contributed by atoms with van der Waals surface area (Å²) in [5.74, 6) is 0.534. The molecule has 4 rings (SSSR count). The highest BCUT2D eigenvalue weighted by molar-refractivity contribution is 6.12. The number of aliphatic hydroxyl groups excluding tert-OH is 1. The first-order valence-corrected chi connectivity index (χ1v) is 9.86. The Morgan fingerprint density at radius 1 is 1.14 bits per heavy atom. The first-order chi connectivity index (χ1) is 13.9. The molecular weight excluding hydrogens is 364 g/mol. The third kappa shape index (κ3) is 3.66. The molecule has 0 aliphatic carbocycles. The van der Waals surface area contributed by atoms with Gasteiger partial charge in [0.15, 0.2) is 5.78 Å². The average molecular weight is 390 g/mol. The van der Waals surface area contributed by atoms with Gasteiger partial charge in [-0.3, -0.25) is 4.79 Å². The Bertz CT molecular complexity index is 1090. The van der Waals surface area contributed by atoms with E-state index in [9.17, 15) is 9.90 Å². The van der Waals surface area contributed by atoms with Crippen molar-refractivity contribution in [2.75, 3.05) is 6.61 Å².